The van der Waals surface area contributed by atoms with Gasteiger partial charge in [-0.15, -0.1) is 0 Å². The number of fused-ring (bicyclic) bond motifs is 1. The Morgan fingerprint density at radius 2 is 1.95 bits per heavy atom. The zero-order valence-electron chi connectivity index (χ0n) is 10.9. The van der Waals surface area contributed by atoms with Crippen LogP contribution in [0.5, 0.6) is 0 Å². The zero-order chi connectivity index (χ0) is 13.1. The molecule has 0 aliphatic carbocycles. The van der Waals surface area contributed by atoms with E-state index in [0.29, 0.717) is 6.42 Å². The fourth-order valence-corrected chi connectivity index (χ4v) is 2.59. The molecule has 0 aromatic heterocycles. The molecule has 2 heteroatoms. The highest BCUT2D eigenvalue weighted by atomic mass is 16.5. The molecule has 0 saturated carbocycles. The Labute approximate surface area is 113 Å². The summed E-state index contributed by atoms with van der Waals surface area (Å²) in [6.07, 6.45) is 4.13. The maximum Gasteiger partial charge on any atom is 0.121 e. The van der Waals surface area contributed by atoms with Crippen molar-refractivity contribution in [1.82, 2.24) is 0 Å². The lowest BCUT2D eigenvalue weighted by atomic mass is 9.98. The Bertz CT molecular complexity index is 596. The molecule has 2 aromatic rings. The Morgan fingerprint density at radius 1 is 1.11 bits per heavy atom. The summed E-state index contributed by atoms with van der Waals surface area (Å²) in [5, 5.41) is 12.7. The predicted octanol–water partition coefficient (Wildman–Crippen LogP) is 3.44. The first-order valence-electron chi connectivity index (χ1n) is 6.82. The quantitative estimate of drug-likeness (QED) is 0.909. The molecular formula is C17H18O2. The van der Waals surface area contributed by atoms with Gasteiger partial charge in [0.25, 0.3) is 0 Å². The van der Waals surface area contributed by atoms with E-state index in [9.17, 15) is 5.11 Å². The molecule has 1 heterocycles. The summed E-state index contributed by atoms with van der Waals surface area (Å²) in [5.41, 5.74) is 1.17. The van der Waals surface area contributed by atoms with Gasteiger partial charge in [-0.05, 0) is 35.3 Å². The third-order valence-electron chi connectivity index (χ3n) is 3.58. The van der Waals surface area contributed by atoms with Crippen LogP contribution in [-0.2, 0) is 11.2 Å². The van der Waals surface area contributed by atoms with E-state index < -0.39 is 6.10 Å². The number of hydrogen-bond donors (Lipinski definition) is 1. The first kappa shape index (κ1) is 12.2. The average Bonchev–Trinajstić information content (AvgIpc) is 2.48. The molecule has 2 aromatic carbocycles. The molecule has 0 spiro atoms. The smallest absolute Gasteiger partial charge is 0.121 e. The van der Waals surface area contributed by atoms with Gasteiger partial charge < -0.3 is 9.84 Å². The van der Waals surface area contributed by atoms with Crippen LogP contribution in [0.15, 0.2) is 54.3 Å². The van der Waals surface area contributed by atoms with Crippen LogP contribution in [0.25, 0.3) is 10.8 Å². The second kappa shape index (κ2) is 5.45. The number of aliphatic hydroxyl groups is 1. The first-order valence-corrected chi connectivity index (χ1v) is 6.82. The summed E-state index contributed by atoms with van der Waals surface area (Å²) in [5.74, 6) is 0.735. The third-order valence-corrected chi connectivity index (χ3v) is 3.58. The minimum absolute atomic E-state index is 0.536. The second-order valence-corrected chi connectivity index (χ2v) is 4.96. The molecule has 0 radical (unpaired) electrons. The highest BCUT2D eigenvalue weighted by molar-refractivity contribution is 5.85. The van der Waals surface area contributed by atoms with E-state index in [4.69, 9.17) is 4.74 Å². The minimum atomic E-state index is -0.536. The normalized spacial score (nSPS) is 16.8. The highest BCUT2D eigenvalue weighted by Crippen LogP contribution is 2.23. The number of ether oxygens (including phenoxy) is 1. The molecule has 0 bridgehead atoms. The van der Waals surface area contributed by atoms with Crippen LogP contribution >= 0.6 is 0 Å². The molecule has 1 aliphatic heterocycles. The van der Waals surface area contributed by atoms with E-state index in [0.717, 1.165) is 25.2 Å². The van der Waals surface area contributed by atoms with E-state index in [1.54, 1.807) is 0 Å². The minimum Gasteiger partial charge on any atom is -0.495 e. The van der Waals surface area contributed by atoms with Crippen molar-refractivity contribution >= 4 is 10.8 Å². The van der Waals surface area contributed by atoms with E-state index in [1.807, 2.05) is 24.3 Å². The number of allylic oxidation sites excluding steroid dienone is 1. The van der Waals surface area contributed by atoms with Crippen LogP contribution in [-0.4, -0.2) is 17.8 Å². The summed E-state index contributed by atoms with van der Waals surface area (Å²) in [6.45, 7) is 0.721. The van der Waals surface area contributed by atoms with Crippen LogP contribution in [0.4, 0.5) is 0 Å². The fraction of sp³-hybridized carbons (Fsp3) is 0.294. The van der Waals surface area contributed by atoms with Crippen LogP contribution in [0.2, 0.25) is 0 Å². The lowest BCUT2D eigenvalue weighted by Gasteiger charge is -2.20. The maximum absolute atomic E-state index is 10.3. The van der Waals surface area contributed by atoms with Crippen molar-refractivity contribution in [2.45, 2.75) is 25.4 Å². The molecule has 2 nitrogen and oxygen atoms in total. The summed E-state index contributed by atoms with van der Waals surface area (Å²) < 4.78 is 5.54. The van der Waals surface area contributed by atoms with Gasteiger partial charge in [0.2, 0.25) is 0 Å². The monoisotopic (exact) mass is 254 g/mol. The lowest BCUT2D eigenvalue weighted by Crippen LogP contribution is -2.18. The summed E-state index contributed by atoms with van der Waals surface area (Å²) in [6, 6.07) is 14.5. The molecule has 1 N–H and O–H groups in total. The Balaban J connectivity index is 1.87. The molecule has 19 heavy (non-hydrogen) atoms. The van der Waals surface area contributed by atoms with Crippen molar-refractivity contribution in [2.75, 3.05) is 6.61 Å². The topological polar surface area (TPSA) is 29.5 Å². The summed E-state index contributed by atoms with van der Waals surface area (Å²) >= 11 is 0. The van der Waals surface area contributed by atoms with E-state index in [1.165, 1.54) is 16.3 Å². The first-order chi connectivity index (χ1) is 9.34. The Kier molecular flexibility index (Phi) is 3.51. The molecule has 1 atom stereocenters. The van der Waals surface area contributed by atoms with Gasteiger partial charge in [0.05, 0.1) is 6.61 Å². The largest absolute Gasteiger partial charge is 0.495 e. The molecule has 1 unspecified atom stereocenters. The van der Waals surface area contributed by atoms with Gasteiger partial charge in [-0.25, -0.2) is 0 Å². The number of benzene rings is 2. The maximum atomic E-state index is 10.3. The van der Waals surface area contributed by atoms with E-state index in [-0.39, 0.29) is 0 Å². The van der Waals surface area contributed by atoms with Gasteiger partial charge in [0.15, 0.2) is 0 Å². The van der Waals surface area contributed by atoms with Crippen molar-refractivity contribution in [3.63, 3.8) is 0 Å². The van der Waals surface area contributed by atoms with E-state index >= 15 is 0 Å². The fourth-order valence-electron chi connectivity index (χ4n) is 2.59. The average molecular weight is 254 g/mol. The molecule has 1 aliphatic rings. The van der Waals surface area contributed by atoms with Crippen molar-refractivity contribution in [3.05, 3.63) is 59.9 Å². The van der Waals surface area contributed by atoms with Gasteiger partial charge in [0.1, 0.15) is 11.9 Å². The zero-order valence-corrected chi connectivity index (χ0v) is 10.9. The van der Waals surface area contributed by atoms with Crippen LogP contribution in [0.3, 0.4) is 0 Å². The number of aliphatic hydroxyl groups excluding tert-OH is 1. The molecular weight excluding hydrogens is 236 g/mol. The van der Waals surface area contributed by atoms with Crippen LogP contribution in [0.1, 0.15) is 18.4 Å². The predicted molar refractivity (Wildman–Crippen MR) is 76.9 cm³/mol. The second-order valence-electron chi connectivity index (χ2n) is 4.96. The summed E-state index contributed by atoms with van der Waals surface area (Å²) in [7, 11) is 0. The van der Waals surface area contributed by atoms with Crippen molar-refractivity contribution < 1.29 is 9.84 Å². The lowest BCUT2D eigenvalue weighted by molar-refractivity contribution is 0.0919. The number of hydrogen-bond acceptors (Lipinski definition) is 2. The SMILES string of the molecule is OC(Cc1cccc2ccccc12)C1=CCCCO1. The standard InChI is InChI=1S/C17H18O2/c18-16(17-10-3-4-11-19-17)12-14-8-5-7-13-6-1-2-9-15(13)14/h1-2,5-10,16,18H,3-4,11-12H2. The van der Waals surface area contributed by atoms with Gasteiger partial charge in [0, 0.05) is 6.42 Å². The van der Waals surface area contributed by atoms with Crippen LogP contribution in [0, 0.1) is 0 Å². The Morgan fingerprint density at radius 3 is 2.79 bits per heavy atom. The summed E-state index contributed by atoms with van der Waals surface area (Å²) in [4.78, 5) is 0. The number of rotatable bonds is 3. The van der Waals surface area contributed by atoms with Gasteiger partial charge in [-0.3, -0.25) is 0 Å². The Hall–Kier alpha value is -1.80. The molecule has 0 amide bonds. The van der Waals surface area contributed by atoms with Crippen molar-refractivity contribution in [2.24, 2.45) is 0 Å². The highest BCUT2D eigenvalue weighted by Gasteiger charge is 2.16. The van der Waals surface area contributed by atoms with Gasteiger partial charge in [-0.1, -0.05) is 42.5 Å². The molecule has 98 valence electrons. The van der Waals surface area contributed by atoms with E-state index in [2.05, 4.69) is 24.3 Å². The molecule has 0 saturated heterocycles. The van der Waals surface area contributed by atoms with Crippen molar-refractivity contribution in [1.29, 1.82) is 0 Å². The third kappa shape index (κ3) is 2.64. The molecule has 0 fully saturated rings. The molecule has 3 rings (SSSR count). The van der Waals surface area contributed by atoms with Gasteiger partial charge >= 0.3 is 0 Å². The van der Waals surface area contributed by atoms with Gasteiger partial charge in [-0.2, -0.15) is 0 Å². The van der Waals surface area contributed by atoms with Crippen molar-refractivity contribution in [3.8, 4) is 0 Å². The van der Waals surface area contributed by atoms with Crippen LogP contribution < -0.4 is 0 Å².